The Kier molecular flexibility index (Phi) is 3.78. The van der Waals surface area contributed by atoms with Gasteiger partial charge in [-0.25, -0.2) is 4.98 Å². The molecule has 0 saturated heterocycles. The molecular weight excluding hydrogens is 280 g/mol. The molecule has 0 amide bonds. The number of aryl methyl sites for hydroxylation is 2. The molecule has 90 valence electrons. The number of anilines is 1. The number of hydrogen-bond acceptors (Lipinski definition) is 3. The fourth-order valence-electron chi connectivity index (χ4n) is 1.55. The Hall–Kier alpha value is -1.36. The average molecular weight is 295 g/mol. The number of pyridine rings is 1. The molecule has 1 N–H and O–H groups in total. The fourth-order valence-corrected chi connectivity index (χ4v) is 1.77. The molecule has 4 nitrogen and oxygen atoms in total. The van der Waals surface area contributed by atoms with Crippen LogP contribution >= 0.6 is 15.9 Å². The summed E-state index contributed by atoms with van der Waals surface area (Å²) in [7, 11) is 1.93. The number of halogens is 1. The van der Waals surface area contributed by atoms with Crippen LogP contribution in [-0.4, -0.2) is 21.3 Å². The molecule has 2 aromatic rings. The van der Waals surface area contributed by atoms with Gasteiger partial charge in [0.25, 0.3) is 0 Å². The van der Waals surface area contributed by atoms with Crippen molar-refractivity contribution in [1.29, 1.82) is 0 Å². The predicted molar refractivity (Wildman–Crippen MR) is 72.1 cm³/mol. The Morgan fingerprint density at radius 2 is 2.29 bits per heavy atom. The third kappa shape index (κ3) is 3.30. The first-order valence-corrected chi connectivity index (χ1v) is 6.29. The van der Waals surface area contributed by atoms with Gasteiger partial charge < -0.3 is 5.32 Å². The first kappa shape index (κ1) is 12.1. The van der Waals surface area contributed by atoms with Gasteiger partial charge in [0.2, 0.25) is 0 Å². The number of aromatic nitrogens is 3. The number of nitrogens with one attached hydrogen (secondary N) is 1. The highest BCUT2D eigenvalue weighted by molar-refractivity contribution is 9.10. The summed E-state index contributed by atoms with van der Waals surface area (Å²) in [6, 6.07) is 4.06. The van der Waals surface area contributed by atoms with Crippen LogP contribution in [0.2, 0.25) is 0 Å². The van der Waals surface area contributed by atoms with Crippen LogP contribution in [0.3, 0.4) is 0 Å². The van der Waals surface area contributed by atoms with Crippen molar-refractivity contribution in [2.75, 3.05) is 11.9 Å². The summed E-state index contributed by atoms with van der Waals surface area (Å²) in [4.78, 5) is 4.29. The lowest BCUT2D eigenvalue weighted by Crippen LogP contribution is -2.07. The molecule has 0 saturated carbocycles. The van der Waals surface area contributed by atoms with Crippen molar-refractivity contribution in [3.05, 3.63) is 40.3 Å². The number of nitrogens with zero attached hydrogens (tertiary/aromatic N) is 3. The fraction of sp³-hybridized carbons (Fsp3) is 0.333. The molecule has 0 spiro atoms. The van der Waals surface area contributed by atoms with E-state index in [2.05, 4.69) is 38.3 Å². The molecule has 0 aliphatic heterocycles. The largest absolute Gasteiger partial charge is 0.370 e. The van der Waals surface area contributed by atoms with E-state index < -0.39 is 0 Å². The van der Waals surface area contributed by atoms with Crippen molar-refractivity contribution in [2.24, 2.45) is 7.05 Å². The van der Waals surface area contributed by atoms with E-state index in [4.69, 9.17) is 0 Å². The van der Waals surface area contributed by atoms with E-state index in [1.54, 1.807) is 0 Å². The van der Waals surface area contributed by atoms with Crippen LogP contribution in [0.1, 0.15) is 11.3 Å². The van der Waals surface area contributed by atoms with Gasteiger partial charge in [-0.15, -0.1) is 0 Å². The molecule has 2 rings (SSSR count). The van der Waals surface area contributed by atoms with Gasteiger partial charge in [-0.1, -0.05) is 0 Å². The Bertz CT molecular complexity index is 507. The lowest BCUT2D eigenvalue weighted by Gasteiger charge is -2.05. The second-order valence-corrected chi connectivity index (χ2v) is 4.83. The van der Waals surface area contributed by atoms with Gasteiger partial charge in [0, 0.05) is 36.9 Å². The molecule has 0 fully saturated rings. The zero-order chi connectivity index (χ0) is 12.3. The molecule has 5 heteroatoms. The van der Waals surface area contributed by atoms with Crippen molar-refractivity contribution < 1.29 is 0 Å². The van der Waals surface area contributed by atoms with E-state index in [1.807, 2.05) is 36.3 Å². The molecule has 0 aliphatic rings. The minimum absolute atomic E-state index is 0.838. The van der Waals surface area contributed by atoms with Crippen molar-refractivity contribution in [2.45, 2.75) is 13.3 Å². The monoisotopic (exact) mass is 294 g/mol. The maximum absolute atomic E-state index is 4.32. The Morgan fingerprint density at radius 3 is 2.94 bits per heavy atom. The van der Waals surface area contributed by atoms with Crippen LogP contribution < -0.4 is 5.32 Å². The highest BCUT2D eigenvalue weighted by Crippen LogP contribution is 2.17. The van der Waals surface area contributed by atoms with Gasteiger partial charge in [-0.05, 0) is 40.5 Å². The first-order chi connectivity index (χ1) is 8.15. The van der Waals surface area contributed by atoms with Crippen LogP contribution in [0, 0.1) is 6.92 Å². The molecule has 0 bridgehead atoms. The molecule has 0 aliphatic carbocycles. The van der Waals surface area contributed by atoms with Crippen molar-refractivity contribution >= 4 is 21.7 Å². The Morgan fingerprint density at radius 1 is 1.47 bits per heavy atom. The van der Waals surface area contributed by atoms with Crippen molar-refractivity contribution in [3.63, 3.8) is 0 Å². The minimum Gasteiger partial charge on any atom is -0.370 e. The van der Waals surface area contributed by atoms with Crippen LogP contribution in [0.4, 0.5) is 5.82 Å². The lowest BCUT2D eigenvalue weighted by molar-refractivity contribution is 0.742. The van der Waals surface area contributed by atoms with Crippen LogP contribution in [-0.2, 0) is 13.5 Å². The molecule has 0 aromatic carbocycles. The summed E-state index contributed by atoms with van der Waals surface area (Å²) >= 11 is 3.43. The van der Waals surface area contributed by atoms with Crippen molar-refractivity contribution in [1.82, 2.24) is 14.8 Å². The topological polar surface area (TPSA) is 42.7 Å². The Labute approximate surface area is 109 Å². The summed E-state index contributed by atoms with van der Waals surface area (Å²) in [5.41, 5.74) is 2.27. The van der Waals surface area contributed by atoms with E-state index in [-0.39, 0.29) is 0 Å². The number of hydrogen-bond donors (Lipinski definition) is 1. The third-order valence-electron chi connectivity index (χ3n) is 2.50. The SMILES string of the molecule is Cc1cc(NCCc2ccn(C)n2)ncc1Br. The molecule has 0 atom stereocenters. The maximum Gasteiger partial charge on any atom is 0.126 e. The van der Waals surface area contributed by atoms with Gasteiger partial charge in [0.15, 0.2) is 0 Å². The lowest BCUT2D eigenvalue weighted by atomic mass is 10.3. The van der Waals surface area contributed by atoms with Gasteiger partial charge in [-0.3, -0.25) is 4.68 Å². The molecule has 2 aromatic heterocycles. The highest BCUT2D eigenvalue weighted by Gasteiger charge is 2.00. The van der Waals surface area contributed by atoms with Gasteiger partial charge in [-0.2, -0.15) is 5.10 Å². The standard InChI is InChI=1S/C12H15BrN4/c1-9-7-12(15-8-11(9)13)14-5-3-10-4-6-17(2)16-10/h4,6-8H,3,5H2,1-2H3,(H,14,15). The summed E-state index contributed by atoms with van der Waals surface area (Å²) in [5, 5.41) is 7.61. The van der Waals surface area contributed by atoms with Crippen LogP contribution in [0.15, 0.2) is 29.0 Å². The second kappa shape index (κ2) is 5.31. The molecular formula is C12H15BrN4. The van der Waals surface area contributed by atoms with E-state index >= 15 is 0 Å². The van der Waals surface area contributed by atoms with E-state index in [0.29, 0.717) is 0 Å². The average Bonchev–Trinajstić information content (AvgIpc) is 2.70. The van der Waals surface area contributed by atoms with E-state index in [1.165, 1.54) is 5.56 Å². The second-order valence-electron chi connectivity index (χ2n) is 3.98. The quantitative estimate of drug-likeness (QED) is 0.942. The Balaban J connectivity index is 1.87. The number of rotatable bonds is 4. The molecule has 2 heterocycles. The summed E-state index contributed by atoms with van der Waals surface area (Å²) < 4.78 is 2.85. The smallest absolute Gasteiger partial charge is 0.126 e. The summed E-state index contributed by atoms with van der Waals surface area (Å²) in [5.74, 6) is 0.904. The van der Waals surface area contributed by atoms with Gasteiger partial charge in [0.05, 0.1) is 5.69 Å². The maximum atomic E-state index is 4.32. The van der Waals surface area contributed by atoms with Gasteiger partial charge >= 0.3 is 0 Å². The summed E-state index contributed by atoms with van der Waals surface area (Å²) in [6.45, 7) is 2.89. The first-order valence-electron chi connectivity index (χ1n) is 5.49. The molecule has 17 heavy (non-hydrogen) atoms. The molecule has 0 unspecified atom stereocenters. The normalized spacial score (nSPS) is 10.5. The molecule has 0 radical (unpaired) electrons. The van der Waals surface area contributed by atoms with Gasteiger partial charge in [0.1, 0.15) is 5.82 Å². The predicted octanol–water partition coefficient (Wildman–Crippen LogP) is 2.54. The van der Waals surface area contributed by atoms with E-state index in [0.717, 1.165) is 29.0 Å². The third-order valence-corrected chi connectivity index (χ3v) is 3.33. The van der Waals surface area contributed by atoms with E-state index in [9.17, 15) is 0 Å². The van der Waals surface area contributed by atoms with Crippen LogP contribution in [0.5, 0.6) is 0 Å². The van der Waals surface area contributed by atoms with Crippen LogP contribution in [0.25, 0.3) is 0 Å². The zero-order valence-electron chi connectivity index (χ0n) is 9.94. The highest BCUT2D eigenvalue weighted by atomic mass is 79.9. The zero-order valence-corrected chi connectivity index (χ0v) is 11.5. The minimum atomic E-state index is 0.838. The summed E-state index contributed by atoms with van der Waals surface area (Å²) in [6.07, 6.45) is 4.67. The van der Waals surface area contributed by atoms with Crippen molar-refractivity contribution in [3.8, 4) is 0 Å².